The number of aromatic hydroxyl groups is 1. The molecule has 0 bridgehead atoms. The minimum Gasteiger partial charge on any atom is -0.508 e. The number of carbonyl (C=O) groups is 3. The first-order chi connectivity index (χ1) is 16.8. The van der Waals surface area contributed by atoms with Gasteiger partial charge >= 0.3 is 0 Å². The van der Waals surface area contributed by atoms with Gasteiger partial charge in [0.25, 0.3) is 0 Å². The number of benzene rings is 3. The number of anilines is 2. The second-order valence-electron chi connectivity index (χ2n) is 9.07. The van der Waals surface area contributed by atoms with Crippen molar-refractivity contribution in [3.63, 3.8) is 0 Å². The van der Waals surface area contributed by atoms with Gasteiger partial charge in [0.15, 0.2) is 0 Å². The molecule has 2 saturated heterocycles. The first kappa shape index (κ1) is 21.4. The van der Waals surface area contributed by atoms with Crippen molar-refractivity contribution in [3.8, 4) is 5.75 Å². The van der Waals surface area contributed by atoms with Crippen LogP contribution in [-0.4, -0.2) is 28.9 Å². The molecule has 0 unspecified atom stereocenters. The summed E-state index contributed by atoms with van der Waals surface area (Å²) in [6.07, 6.45) is 0.275. The van der Waals surface area contributed by atoms with Gasteiger partial charge in [0.05, 0.1) is 17.5 Å². The fraction of sp³-hybridized carbons (Fsp3) is 0.192. The molecule has 0 aromatic heterocycles. The van der Waals surface area contributed by atoms with Gasteiger partial charge in [-0.2, -0.15) is 0 Å². The fourth-order valence-electron chi connectivity index (χ4n) is 5.68. The summed E-state index contributed by atoms with van der Waals surface area (Å²) >= 11 is 0. The van der Waals surface area contributed by atoms with Crippen molar-refractivity contribution >= 4 is 29.1 Å². The number of imide groups is 1. The number of halogens is 2. The minimum absolute atomic E-state index is 0.0802. The predicted molar refractivity (Wildman–Crippen MR) is 121 cm³/mol. The Kier molecular flexibility index (Phi) is 4.56. The van der Waals surface area contributed by atoms with Crippen molar-refractivity contribution in [3.05, 3.63) is 89.5 Å². The van der Waals surface area contributed by atoms with Gasteiger partial charge < -0.3 is 10.4 Å². The summed E-state index contributed by atoms with van der Waals surface area (Å²) in [5.41, 5.74) is -0.0338. The van der Waals surface area contributed by atoms with Gasteiger partial charge in [0, 0.05) is 17.3 Å². The first-order valence-corrected chi connectivity index (χ1v) is 11.1. The third kappa shape index (κ3) is 3.01. The summed E-state index contributed by atoms with van der Waals surface area (Å²) in [7, 11) is 0. The van der Waals surface area contributed by atoms with E-state index >= 15 is 0 Å². The molecule has 176 valence electrons. The molecule has 3 aromatic carbocycles. The first-order valence-electron chi connectivity index (χ1n) is 11.1. The third-order valence-corrected chi connectivity index (χ3v) is 7.15. The SMILES string of the molecule is O=C1[C@@H]2[C@@H](Cc3ccc(O)cc3)N[C@]3(C(=O)Nc4ccc(F)cc43)[C@H]2C(=O)N1c1ccc(F)cc1. The lowest BCUT2D eigenvalue weighted by Gasteiger charge is -2.29. The van der Waals surface area contributed by atoms with E-state index in [0.717, 1.165) is 22.6 Å². The lowest BCUT2D eigenvalue weighted by Crippen LogP contribution is -2.53. The molecule has 0 saturated carbocycles. The zero-order valence-electron chi connectivity index (χ0n) is 18.2. The summed E-state index contributed by atoms with van der Waals surface area (Å²) in [5.74, 6) is -4.74. The molecule has 3 amide bonds. The van der Waals surface area contributed by atoms with Crippen LogP contribution in [0.2, 0.25) is 0 Å². The van der Waals surface area contributed by atoms with Crippen LogP contribution >= 0.6 is 0 Å². The molecule has 2 fully saturated rings. The van der Waals surface area contributed by atoms with Crippen LogP contribution in [0.4, 0.5) is 20.2 Å². The fourth-order valence-corrected chi connectivity index (χ4v) is 5.68. The highest BCUT2D eigenvalue weighted by molar-refractivity contribution is 6.25. The Labute approximate surface area is 198 Å². The smallest absolute Gasteiger partial charge is 0.250 e. The van der Waals surface area contributed by atoms with Crippen LogP contribution in [0, 0.1) is 23.5 Å². The summed E-state index contributed by atoms with van der Waals surface area (Å²) in [5, 5.41) is 15.6. The standard InChI is InChI=1S/C26H19F2N3O4/c27-14-3-6-16(7-4-14)31-23(33)21-20(11-13-1-8-17(32)9-2-13)30-26(22(21)24(31)34)18-12-15(28)5-10-19(18)29-25(26)35/h1-10,12,20-22,30,32H,11H2,(H,29,35)/t20-,21-,22-,26+/m1/s1. The third-order valence-electron chi connectivity index (χ3n) is 7.15. The highest BCUT2D eigenvalue weighted by Gasteiger charge is 2.70. The van der Waals surface area contributed by atoms with Gasteiger partial charge in [-0.05, 0) is 66.6 Å². The van der Waals surface area contributed by atoms with Crippen molar-refractivity contribution in [2.45, 2.75) is 18.0 Å². The van der Waals surface area contributed by atoms with Gasteiger partial charge in [-0.15, -0.1) is 0 Å². The van der Waals surface area contributed by atoms with E-state index in [1.165, 1.54) is 42.5 Å². The number of hydrogen-bond donors (Lipinski definition) is 3. The van der Waals surface area contributed by atoms with E-state index in [9.17, 15) is 28.3 Å². The molecular formula is C26H19F2N3O4. The van der Waals surface area contributed by atoms with Crippen molar-refractivity contribution in [2.75, 3.05) is 10.2 Å². The molecule has 3 aliphatic heterocycles. The van der Waals surface area contributed by atoms with Crippen LogP contribution in [0.25, 0.3) is 0 Å². The number of hydrogen-bond acceptors (Lipinski definition) is 5. The van der Waals surface area contributed by atoms with E-state index in [-0.39, 0.29) is 23.4 Å². The molecule has 3 aromatic rings. The number of carbonyl (C=O) groups excluding carboxylic acids is 3. The molecule has 0 radical (unpaired) electrons. The normalized spacial score (nSPS) is 26.9. The van der Waals surface area contributed by atoms with Crippen molar-refractivity contribution < 1.29 is 28.3 Å². The van der Waals surface area contributed by atoms with Gasteiger partial charge in [0.1, 0.15) is 22.9 Å². The van der Waals surface area contributed by atoms with E-state index in [4.69, 9.17) is 0 Å². The molecule has 35 heavy (non-hydrogen) atoms. The number of nitrogens with one attached hydrogen (secondary N) is 2. The monoisotopic (exact) mass is 475 g/mol. The molecule has 7 nitrogen and oxygen atoms in total. The van der Waals surface area contributed by atoms with Crippen LogP contribution in [0.3, 0.4) is 0 Å². The maximum atomic E-state index is 14.3. The number of phenols is 1. The maximum Gasteiger partial charge on any atom is 0.250 e. The van der Waals surface area contributed by atoms with Gasteiger partial charge in [0.2, 0.25) is 17.7 Å². The Morgan fingerprint density at radius 2 is 1.57 bits per heavy atom. The number of fused-ring (bicyclic) bond motifs is 4. The van der Waals surface area contributed by atoms with Crippen LogP contribution in [0.1, 0.15) is 11.1 Å². The largest absolute Gasteiger partial charge is 0.508 e. The molecule has 9 heteroatoms. The van der Waals surface area contributed by atoms with Crippen LogP contribution in [-0.2, 0) is 26.3 Å². The van der Waals surface area contributed by atoms with E-state index in [0.29, 0.717) is 5.69 Å². The molecule has 1 spiro atoms. The number of rotatable bonds is 3. The molecular weight excluding hydrogens is 456 g/mol. The topological polar surface area (TPSA) is 98.7 Å². The second kappa shape index (κ2) is 7.44. The van der Waals surface area contributed by atoms with E-state index in [1.54, 1.807) is 12.1 Å². The Morgan fingerprint density at radius 3 is 2.29 bits per heavy atom. The van der Waals surface area contributed by atoms with Crippen LogP contribution in [0.5, 0.6) is 5.75 Å². The zero-order chi connectivity index (χ0) is 24.5. The lowest BCUT2D eigenvalue weighted by molar-refractivity contribution is -0.130. The maximum absolute atomic E-state index is 14.3. The lowest BCUT2D eigenvalue weighted by atomic mass is 9.76. The van der Waals surface area contributed by atoms with Gasteiger partial charge in [-0.3, -0.25) is 19.7 Å². The average Bonchev–Trinajstić information content (AvgIpc) is 3.41. The molecule has 0 aliphatic carbocycles. The number of nitrogens with zero attached hydrogens (tertiary/aromatic N) is 1. The average molecular weight is 475 g/mol. The second-order valence-corrected chi connectivity index (χ2v) is 9.07. The quantitative estimate of drug-likeness (QED) is 0.506. The highest BCUT2D eigenvalue weighted by Crippen LogP contribution is 2.54. The Balaban J connectivity index is 1.49. The minimum atomic E-state index is -1.65. The highest BCUT2D eigenvalue weighted by atomic mass is 19.1. The molecule has 6 rings (SSSR count). The molecule has 3 heterocycles. The summed E-state index contributed by atoms with van der Waals surface area (Å²) in [6, 6.07) is 14.6. The Hall–Kier alpha value is -4.11. The van der Waals surface area contributed by atoms with Crippen LogP contribution in [0.15, 0.2) is 66.7 Å². The number of amides is 3. The van der Waals surface area contributed by atoms with Gasteiger partial charge in [-0.25, -0.2) is 13.7 Å². The summed E-state index contributed by atoms with van der Waals surface area (Å²) in [4.78, 5) is 41.9. The van der Waals surface area contributed by atoms with Crippen molar-refractivity contribution in [2.24, 2.45) is 11.8 Å². The summed E-state index contributed by atoms with van der Waals surface area (Å²) < 4.78 is 27.8. The summed E-state index contributed by atoms with van der Waals surface area (Å²) in [6.45, 7) is 0. The Bertz CT molecular complexity index is 1390. The van der Waals surface area contributed by atoms with E-state index in [2.05, 4.69) is 10.6 Å². The molecule has 4 atom stereocenters. The molecule has 3 N–H and O–H groups in total. The van der Waals surface area contributed by atoms with Crippen molar-refractivity contribution in [1.29, 1.82) is 0 Å². The van der Waals surface area contributed by atoms with Gasteiger partial charge in [-0.1, -0.05) is 12.1 Å². The Morgan fingerprint density at radius 1 is 0.886 bits per heavy atom. The van der Waals surface area contributed by atoms with Crippen molar-refractivity contribution in [1.82, 2.24) is 5.32 Å². The zero-order valence-corrected chi connectivity index (χ0v) is 18.2. The van der Waals surface area contributed by atoms with Crippen LogP contribution < -0.4 is 15.5 Å². The van der Waals surface area contributed by atoms with E-state index < -0.39 is 52.8 Å². The number of phenolic OH excluding ortho intramolecular Hbond substituents is 1. The predicted octanol–water partition coefficient (Wildman–Crippen LogP) is 2.84. The van der Waals surface area contributed by atoms with E-state index in [1.807, 2.05) is 0 Å². The molecule has 3 aliphatic rings.